The highest BCUT2D eigenvalue weighted by Gasteiger charge is 2.50. The van der Waals surface area contributed by atoms with Gasteiger partial charge in [0.15, 0.2) is 11.6 Å². The second-order valence-corrected chi connectivity index (χ2v) is 11.0. The molecule has 0 saturated carbocycles. The van der Waals surface area contributed by atoms with Crippen molar-refractivity contribution >= 4 is 23.2 Å². The predicted molar refractivity (Wildman–Crippen MR) is 141 cm³/mol. The Bertz CT molecular complexity index is 1520. The Morgan fingerprint density at radius 3 is 2.24 bits per heavy atom. The van der Waals surface area contributed by atoms with E-state index < -0.39 is 17.8 Å². The number of carbonyl (C=O) groups is 3. The minimum atomic E-state index is -0.540. The number of ether oxygens (including phenoxy) is 1. The average Bonchev–Trinajstić information content (AvgIpc) is 3.15. The maximum absolute atomic E-state index is 13.6. The minimum Gasteiger partial charge on any atom is -0.423 e. The van der Waals surface area contributed by atoms with Crippen LogP contribution in [-0.2, 0) is 4.79 Å². The summed E-state index contributed by atoms with van der Waals surface area (Å²) in [4.78, 5) is 44.7. The number of hydrogen-bond donors (Lipinski definition) is 0. The van der Waals surface area contributed by atoms with E-state index in [-0.39, 0.29) is 17.0 Å². The summed E-state index contributed by atoms with van der Waals surface area (Å²) < 4.78 is 5.59. The van der Waals surface area contributed by atoms with Crippen LogP contribution in [0.5, 0.6) is 5.75 Å². The third kappa shape index (κ3) is 3.95. The second-order valence-electron chi connectivity index (χ2n) is 11.0. The molecular formula is C32H27NO4. The average molecular weight is 490 g/mol. The molecule has 0 radical (unpaired) electrons. The highest BCUT2D eigenvalue weighted by Crippen LogP contribution is 2.51. The first-order valence-electron chi connectivity index (χ1n) is 12.6. The highest BCUT2D eigenvalue weighted by molar-refractivity contribution is 6.30. The standard InChI is InChI=1S/C32H27NO4/c1-18-8-10-20(11-9-18)31(36)37-21-14-12-19(13-15-21)26-27-24(16-32(2,3)17-25(27)34)33-29-22-6-4-5-7-23(22)30(35)28(26)29/h4-15,26,28H,16-17H2,1-3H3/t26-,28-/m1/s1. The molecule has 37 heavy (non-hydrogen) atoms. The van der Waals surface area contributed by atoms with Crippen LogP contribution in [0, 0.1) is 18.3 Å². The zero-order valence-electron chi connectivity index (χ0n) is 21.1. The molecule has 0 aromatic heterocycles. The number of aliphatic imine (C=N–C) groups is 1. The lowest BCUT2D eigenvalue weighted by molar-refractivity contribution is -0.118. The van der Waals surface area contributed by atoms with Gasteiger partial charge in [-0.25, -0.2) is 4.79 Å². The Morgan fingerprint density at radius 1 is 0.865 bits per heavy atom. The van der Waals surface area contributed by atoms with Crippen LogP contribution >= 0.6 is 0 Å². The molecule has 2 aliphatic carbocycles. The summed E-state index contributed by atoms with van der Waals surface area (Å²) in [5, 5.41) is 0. The Labute approximate surface area is 215 Å². The number of benzene rings is 3. The van der Waals surface area contributed by atoms with Crippen LogP contribution in [0.15, 0.2) is 89.1 Å². The number of nitrogens with zero attached hydrogens (tertiary/aromatic N) is 1. The fraction of sp³-hybridized carbons (Fsp3) is 0.250. The SMILES string of the molecule is Cc1ccc(C(=O)Oc2ccc([C@@H]3C4=C(CC(C)(C)CC4=O)N=C4c5ccccc5C(=O)[C@@H]43)cc2)cc1. The number of Topliss-reactive ketones (excluding diaryl/α,β-unsaturated/α-hetero) is 2. The van der Waals surface area contributed by atoms with Crippen LogP contribution in [-0.4, -0.2) is 23.2 Å². The van der Waals surface area contributed by atoms with Crippen LogP contribution in [0.4, 0.5) is 0 Å². The number of aryl methyl sites for hydroxylation is 1. The summed E-state index contributed by atoms with van der Waals surface area (Å²) in [5.74, 6) is -0.937. The van der Waals surface area contributed by atoms with E-state index in [1.54, 1.807) is 24.3 Å². The van der Waals surface area contributed by atoms with E-state index >= 15 is 0 Å². The Hall–Kier alpha value is -4.12. The predicted octanol–water partition coefficient (Wildman–Crippen LogP) is 6.26. The molecule has 3 aliphatic rings. The fourth-order valence-corrected chi connectivity index (χ4v) is 5.84. The smallest absolute Gasteiger partial charge is 0.343 e. The summed E-state index contributed by atoms with van der Waals surface area (Å²) in [6.07, 6.45) is 1.11. The van der Waals surface area contributed by atoms with Gasteiger partial charge in [0.1, 0.15) is 5.75 Å². The monoisotopic (exact) mass is 489 g/mol. The molecule has 6 rings (SSSR count). The molecule has 2 atom stereocenters. The molecular weight excluding hydrogens is 462 g/mol. The summed E-state index contributed by atoms with van der Waals surface area (Å²) >= 11 is 0. The summed E-state index contributed by atoms with van der Waals surface area (Å²) in [6, 6.07) is 22.0. The zero-order valence-corrected chi connectivity index (χ0v) is 21.1. The lowest BCUT2D eigenvalue weighted by Gasteiger charge is -2.38. The van der Waals surface area contributed by atoms with Crippen molar-refractivity contribution in [2.24, 2.45) is 16.3 Å². The maximum Gasteiger partial charge on any atom is 0.343 e. The van der Waals surface area contributed by atoms with Gasteiger partial charge >= 0.3 is 5.97 Å². The van der Waals surface area contributed by atoms with Crippen molar-refractivity contribution in [2.45, 2.75) is 39.5 Å². The van der Waals surface area contributed by atoms with E-state index in [9.17, 15) is 14.4 Å². The highest BCUT2D eigenvalue weighted by atomic mass is 16.5. The van der Waals surface area contributed by atoms with Gasteiger partial charge in [-0.15, -0.1) is 0 Å². The molecule has 3 aromatic rings. The molecule has 5 heteroatoms. The minimum absolute atomic E-state index is 0.00147. The van der Waals surface area contributed by atoms with Crippen LogP contribution in [0.1, 0.15) is 70.0 Å². The van der Waals surface area contributed by atoms with Gasteiger partial charge in [0, 0.05) is 34.7 Å². The van der Waals surface area contributed by atoms with Crippen molar-refractivity contribution in [1.82, 2.24) is 0 Å². The molecule has 0 unspecified atom stereocenters. The first-order chi connectivity index (χ1) is 17.7. The molecule has 0 bridgehead atoms. The van der Waals surface area contributed by atoms with Crippen molar-refractivity contribution in [3.63, 3.8) is 0 Å². The zero-order chi connectivity index (χ0) is 25.9. The lowest BCUT2D eigenvalue weighted by Crippen LogP contribution is -2.37. The van der Waals surface area contributed by atoms with Crippen LogP contribution < -0.4 is 4.74 Å². The summed E-state index contributed by atoms with van der Waals surface area (Å²) in [5.41, 5.74) is 5.90. The third-order valence-electron chi connectivity index (χ3n) is 7.58. The Balaban J connectivity index is 1.38. The normalized spacial score (nSPS) is 21.6. The van der Waals surface area contributed by atoms with E-state index in [1.165, 1.54) is 0 Å². The number of hydrogen-bond acceptors (Lipinski definition) is 5. The van der Waals surface area contributed by atoms with Crippen molar-refractivity contribution in [2.75, 3.05) is 0 Å². The maximum atomic E-state index is 13.6. The van der Waals surface area contributed by atoms with E-state index in [0.29, 0.717) is 35.3 Å². The van der Waals surface area contributed by atoms with Gasteiger partial charge in [0.05, 0.1) is 17.2 Å². The first-order valence-corrected chi connectivity index (χ1v) is 12.6. The van der Waals surface area contributed by atoms with Crippen LogP contribution in [0.2, 0.25) is 0 Å². The molecule has 0 saturated heterocycles. The molecule has 184 valence electrons. The van der Waals surface area contributed by atoms with Gasteiger partial charge in [-0.05, 0) is 48.6 Å². The largest absolute Gasteiger partial charge is 0.423 e. The van der Waals surface area contributed by atoms with E-state index in [2.05, 4.69) is 13.8 Å². The quantitative estimate of drug-likeness (QED) is 0.322. The lowest BCUT2D eigenvalue weighted by atomic mass is 9.66. The van der Waals surface area contributed by atoms with Gasteiger partial charge in [0.2, 0.25) is 0 Å². The van der Waals surface area contributed by atoms with Crippen molar-refractivity contribution in [3.05, 3.63) is 112 Å². The topological polar surface area (TPSA) is 72.8 Å². The van der Waals surface area contributed by atoms with Crippen LogP contribution in [0.3, 0.4) is 0 Å². The van der Waals surface area contributed by atoms with Gasteiger partial charge in [0.25, 0.3) is 0 Å². The van der Waals surface area contributed by atoms with Crippen LogP contribution in [0.25, 0.3) is 0 Å². The molecule has 0 fully saturated rings. The van der Waals surface area contributed by atoms with E-state index in [0.717, 1.165) is 28.1 Å². The molecule has 3 aromatic carbocycles. The molecule has 0 N–H and O–H groups in total. The van der Waals surface area contributed by atoms with Crippen molar-refractivity contribution in [1.29, 1.82) is 0 Å². The number of fused-ring (bicyclic) bond motifs is 3. The molecule has 0 spiro atoms. The number of rotatable bonds is 3. The number of ketones is 2. The first kappa shape index (κ1) is 23.3. The molecule has 5 nitrogen and oxygen atoms in total. The Kier molecular flexibility index (Phi) is 5.34. The van der Waals surface area contributed by atoms with Gasteiger partial charge < -0.3 is 4.74 Å². The third-order valence-corrected chi connectivity index (χ3v) is 7.58. The van der Waals surface area contributed by atoms with Crippen molar-refractivity contribution in [3.8, 4) is 5.75 Å². The van der Waals surface area contributed by atoms with Gasteiger partial charge in [-0.3, -0.25) is 14.6 Å². The fourth-order valence-electron chi connectivity index (χ4n) is 5.84. The second kappa shape index (κ2) is 8.48. The van der Waals surface area contributed by atoms with Gasteiger partial charge in [-0.1, -0.05) is 67.9 Å². The van der Waals surface area contributed by atoms with Crippen molar-refractivity contribution < 1.29 is 19.1 Å². The number of allylic oxidation sites excluding steroid dienone is 2. The number of esters is 1. The molecule has 1 heterocycles. The van der Waals surface area contributed by atoms with E-state index in [4.69, 9.17) is 9.73 Å². The Morgan fingerprint density at radius 2 is 1.54 bits per heavy atom. The molecule has 0 amide bonds. The summed E-state index contributed by atoms with van der Waals surface area (Å²) in [7, 11) is 0. The summed E-state index contributed by atoms with van der Waals surface area (Å²) in [6.45, 7) is 6.13. The van der Waals surface area contributed by atoms with Gasteiger partial charge in [-0.2, -0.15) is 0 Å². The number of carbonyl (C=O) groups excluding carboxylic acids is 3. The van der Waals surface area contributed by atoms with E-state index in [1.807, 2.05) is 55.5 Å². The molecule has 1 aliphatic heterocycles.